The Balaban J connectivity index is 2.13. The van der Waals surface area contributed by atoms with Crippen LogP contribution < -0.4 is 10.6 Å². The quantitative estimate of drug-likeness (QED) is 0.816. The van der Waals surface area contributed by atoms with Gasteiger partial charge in [0.1, 0.15) is 0 Å². The van der Waals surface area contributed by atoms with Gasteiger partial charge < -0.3 is 15.4 Å². The van der Waals surface area contributed by atoms with Crippen LogP contribution >= 0.6 is 0 Å². The molecule has 1 amide bonds. The molecule has 1 fully saturated rings. The summed E-state index contributed by atoms with van der Waals surface area (Å²) in [5, 5.41) is 5.15. The van der Waals surface area contributed by atoms with Crippen molar-refractivity contribution in [2.24, 2.45) is 5.92 Å². The number of hydrogen-bond donors (Lipinski definition) is 2. The Kier molecular flexibility index (Phi) is 4.06. The number of anilines is 1. The normalized spacial score (nSPS) is 22.5. The van der Waals surface area contributed by atoms with E-state index in [1.165, 1.54) is 0 Å². The van der Waals surface area contributed by atoms with Gasteiger partial charge in [0.2, 0.25) is 5.91 Å². The van der Waals surface area contributed by atoms with Gasteiger partial charge in [0.15, 0.2) is 17.5 Å². The van der Waals surface area contributed by atoms with Crippen LogP contribution in [0.25, 0.3) is 0 Å². The van der Waals surface area contributed by atoms with Crippen molar-refractivity contribution >= 4 is 11.6 Å². The molecule has 1 aliphatic heterocycles. The number of carbonyl (C=O) groups excluding carboxylic acids is 1. The number of benzene rings is 1. The number of hydrogen-bond acceptors (Lipinski definition) is 3. The molecule has 0 aromatic heterocycles. The van der Waals surface area contributed by atoms with E-state index in [4.69, 9.17) is 4.74 Å². The van der Waals surface area contributed by atoms with Crippen molar-refractivity contribution in [2.45, 2.75) is 6.04 Å². The lowest BCUT2D eigenvalue weighted by molar-refractivity contribution is -0.120. The maximum absolute atomic E-state index is 13.4. The van der Waals surface area contributed by atoms with Gasteiger partial charge in [-0.1, -0.05) is 0 Å². The summed E-state index contributed by atoms with van der Waals surface area (Å²) in [6.07, 6.45) is 0. The molecule has 19 heavy (non-hydrogen) atoms. The first-order chi connectivity index (χ1) is 9.04. The average molecular weight is 274 g/mol. The maximum atomic E-state index is 13.4. The second kappa shape index (κ2) is 5.58. The zero-order valence-corrected chi connectivity index (χ0v) is 10.2. The predicted octanol–water partition coefficient (Wildman–Crippen LogP) is 1.28. The van der Waals surface area contributed by atoms with Crippen molar-refractivity contribution in [3.63, 3.8) is 0 Å². The summed E-state index contributed by atoms with van der Waals surface area (Å²) in [6, 6.07) is 1.55. The summed E-state index contributed by atoms with van der Waals surface area (Å²) in [4.78, 5) is 11.9. The number of likely N-dealkylation sites (N-methyl/N-ethyl adjacent to an activating group) is 1. The highest BCUT2D eigenvalue weighted by molar-refractivity contribution is 5.93. The van der Waals surface area contributed by atoms with Crippen LogP contribution in [0.15, 0.2) is 12.1 Å². The third-order valence-corrected chi connectivity index (χ3v) is 3.08. The van der Waals surface area contributed by atoms with Crippen molar-refractivity contribution in [3.8, 4) is 0 Å². The number of amides is 1. The van der Waals surface area contributed by atoms with E-state index in [2.05, 4.69) is 10.6 Å². The SMILES string of the molecule is CNC1COCC1C(=O)Nc1ccc(F)c(F)c1F. The molecular formula is C12H13F3N2O2. The van der Waals surface area contributed by atoms with Crippen LogP contribution in [0.1, 0.15) is 0 Å². The molecule has 0 saturated carbocycles. The highest BCUT2D eigenvalue weighted by Crippen LogP contribution is 2.22. The van der Waals surface area contributed by atoms with Gasteiger partial charge in [-0.25, -0.2) is 13.2 Å². The summed E-state index contributed by atoms with van der Waals surface area (Å²) in [5.74, 6) is -5.31. The largest absolute Gasteiger partial charge is 0.379 e. The lowest BCUT2D eigenvalue weighted by atomic mass is 10.0. The van der Waals surface area contributed by atoms with Gasteiger partial charge in [-0.15, -0.1) is 0 Å². The van der Waals surface area contributed by atoms with Gasteiger partial charge in [0, 0.05) is 6.04 Å². The molecule has 0 aliphatic carbocycles. The number of rotatable bonds is 3. The Hall–Kier alpha value is -1.60. The Labute approximate surface area is 107 Å². The second-order valence-corrected chi connectivity index (χ2v) is 4.25. The van der Waals surface area contributed by atoms with Gasteiger partial charge >= 0.3 is 0 Å². The fourth-order valence-corrected chi connectivity index (χ4v) is 1.95. The minimum Gasteiger partial charge on any atom is -0.379 e. The molecule has 1 aliphatic rings. The van der Waals surface area contributed by atoms with Crippen LogP contribution in [0.4, 0.5) is 18.9 Å². The average Bonchev–Trinajstić information content (AvgIpc) is 2.88. The van der Waals surface area contributed by atoms with Crippen molar-refractivity contribution in [1.29, 1.82) is 0 Å². The highest BCUT2D eigenvalue weighted by Gasteiger charge is 2.33. The smallest absolute Gasteiger partial charge is 0.231 e. The molecule has 2 rings (SSSR count). The fourth-order valence-electron chi connectivity index (χ4n) is 1.95. The summed E-state index contributed by atoms with van der Waals surface area (Å²) in [7, 11) is 1.68. The summed E-state index contributed by atoms with van der Waals surface area (Å²) >= 11 is 0. The first kappa shape index (κ1) is 13.8. The molecule has 7 heteroatoms. The number of halogens is 3. The fraction of sp³-hybridized carbons (Fsp3) is 0.417. The van der Waals surface area contributed by atoms with Crippen LogP contribution in [-0.2, 0) is 9.53 Å². The third-order valence-electron chi connectivity index (χ3n) is 3.08. The lowest BCUT2D eigenvalue weighted by Gasteiger charge is -2.16. The molecule has 4 nitrogen and oxygen atoms in total. The van der Waals surface area contributed by atoms with E-state index in [1.807, 2.05) is 0 Å². The molecule has 0 bridgehead atoms. The van der Waals surface area contributed by atoms with Gasteiger partial charge in [-0.3, -0.25) is 4.79 Å². The van der Waals surface area contributed by atoms with Crippen LogP contribution in [0.3, 0.4) is 0 Å². The van der Waals surface area contributed by atoms with Crippen molar-refractivity contribution in [3.05, 3.63) is 29.6 Å². The number of carbonyl (C=O) groups is 1. The Morgan fingerprint density at radius 1 is 1.26 bits per heavy atom. The monoisotopic (exact) mass is 274 g/mol. The molecule has 2 unspecified atom stereocenters. The molecule has 104 valence electrons. The van der Waals surface area contributed by atoms with Crippen molar-refractivity contribution in [2.75, 3.05) is 25.6 Å². The van der Waals surface area contributed by atoms with E-state index in [-0.39, 0.29) is 18.3 Å². The van der Waals surface area contributed by atoms with E-state index < -0.39 is 29.3 Å². The van der Waals surface area contributed by atoms with Gasteiger partial charge in [-0.05, 0) is 19.2 Å². The minimum atomic E-state index is -1.61. The molecule has 0 radical (unpaired) electrons. The van der Waals surface area contributed by atoms with E-state index in [1.54, 1.807) is 7.05 Å². The summed E-state index contributed by atoms with van der Waals surface area (Å²) < 4.78 is 44.3. The third kappa shape index (κ3) is 2.71. The molecule has 2 N–H and O–H groups in total. The zero-order valence-electron chi connectivity index (χ0n) is 10.2. The molecule has 1 aromatic carbocycles. The number of nitrogens with one attached hydrogen (secondary N) is 2. The summed E-state index contributed by atoms with van der Waals surface area (Å²) in [5.41, 5.74) is -0.384. The van der Waals surface area contributed by atoms with Crippen LogP contribution in [0, 0.1) is 23.4 Å². The Morgan fingerprint density at radius 3 is 2.68 bits per heavy atom. The summed E-state index contributed by atoms with van der Waals surface area (Å²) in [6.45, 7) is 0.567. The van der Waals surface area contributed by atoms with Gasteiger partial charge in [0.25, 0.3) is 0 Å². The van der Waals surface area contributed by atoms with Gasteiger partial charge in [-0.2, -0.15) is 0 Å². The Morgan fingerprint density at radius 2 is 2.00 bits per heavy atom. The van der Waals surface area contributed by atoms with E-state index in [0.717, 1.165) is 12.1 Å². The predicted molar refractivity (Wildman–Crippen MR) is 62.1 cm³/mol. The lowest BCUT2D eigenvalue weighted by Crippen LogP contribution is -2.39. The molecule has 0 spiro atoms. The van der Waals surface area contributed by atoms with Gasteiger partial charge in [0.05, 0.1) is 24.8 Å². The minimum absolute atomic E-state index is 0.187. The molecule has 2 atom stereocenters. The van der Waals surface area contributed by atoms with Crippen molar-refractivity contribution < 1.29 is 22.7 Å². The Bertz CT molecular complexity index is 496. The topological polar surface area (TPSA) is 50.4 Å². The first-order valence-corrected chi connectivity index (χ1v) is 5.74. The molecule has 1 aromatic rings. The zero-order chi connectivity index (χ0) is 14.0. The standard InChI is InChI=1S/C12H13F3N2O2/c1-16-9-5-19-4-6(9)12(18)17-8-3-2-7(13)10(14)11(8)15/h2-3,6,9,16H,4-5H2,1H3,(H,17,18). The second-order valence-electron chi connectivity index (χ2n) is 4.25. The van der Waals surface area contributed by atoms with E-state index in [9.17, 15) is 18.0 Å². The molecule has 1 saturated heterocycles. The van der Waals surface area contributed by atoms with E-state index >= 15 is 0 Å². The van der Waals surface area contributed by atoms with Crippen LogP contribution in [0.5, 0.6) is 0 Å². The molecular weight excluding hydrogens is 261 g/mol. The highest BCUT2D eigenvalue weighted by atomic mass is 19.2. The van der Waals surface area contributed by atoms with Crippen molar-refractivity contribution in [1.82, 2.24) is 5.32 Å². The van der Waals surface area contributed by atoms with Crippen LogP contribution in [-0.4, -0.2) is 32.2 Å². The number of ether oxygens (including phenoxy) is 1. The molecule has 1 heterocycles. The van der Waals surface area contributed by atoms with E-state index in [0.29, 0.717) is 6.61 Å². The van der Waals surface area contributed by atoms with Crippen LogP contribution in [0.2, 0.25) is 0 Å². The maximum Gasteiger partial charge on any atom is 0.231 e. The first-order valence-electron chi connectivity index (χ1n) is 5.74.